The molecule has 0 spiro atoms. The zero-order valence-corrected chi connectivity index (χ0v) is 11.8. The van der Waals surface area contributed by atoms with Crippen LogP contribution in [-0.4, -0.2) is 33.3 Å². The van der Waals surface area contributed by atoms with Crippen LogP contribution in [0.3, 0.4) is 0 Å². The van der Waals surface area contributed by atoms with E-state index in [9.17, 15) is 0 Å². The van der Waals surface area contributed by atoms with E-state index in [1.165, 1.54) is 0 Å². The molecule has 0 fully saturated rings. The summed E-state index contributed by atoms with van der Waals surface area (Å²) >= 11 is 0. The maximum Gasteiger partial charge on any atom is 0.0383 e. The van der Waals surface area contributed by atoms with Gasteiger partial charge in [0.2, 0.25) is 0 Å². The van der Waals surface area contributed by atoms with Crippen LogP contribution in [0.25, 0.3) is 0 Å². The van der Waals surface area contributed by atoms with Gasteiger partial charge in [0.1, 0.15) is 0 Å². The minimum Gasteiger partial charge on any atom is -0.550 e. The number of hydrogen-bond donors (Lipinski definition) is 0. The van der Waals surface area contributed by atoms with Gasteiger partial charge in [0, 0.05) is 33.3 Å². The van der Waals surface area contributed by atoms with E-state index in [0.29, 0.717) is 0 Å². The van der Waals surface area contributed by atoms with Crippen molar-refractivity contribution in [2.24, 2.45) is 0 Å². The molecule has 7 radical (unpaired) electrons. The quantitative estimate of drug-likeness (QED) is 0.607. The van der Waals surface area contributed by atoms with Crippen LogP contribution in [0.1, 0.15) is 27.7 Å². The molecular weight excluding hydrogens is 335 g/mol. The second kappa shape index (κ2) is 79.7. The second-order valence-corrected chi connectivity index (χ2v) is 0.492. The Bertz CT molecular complexity index is 35.1. The summed E-state index contributed by atoms with van der Waals surface area (Å²) in [6.45, 7) is 16.0. The van der Waals surface area contributed by atoms with E-state index in [4.69, 9.17) is 9.90 Å². The molecule has 0 aromatic heterocycles. The fourth-order valence-electron chi connectivity index (χ4n) is 0. The number of carbonyl (C=O) groups is 1. The topological polar surface area (TPSA) is 40.1 Å². The Morgan fingerprint density at radius 3 is 1.00 bits per heavy atom. The molecule has 0 atom stereocenters. The first-order valence-electron chi connectivity index (χ1n) is 3.03. The zero-order valence-electron chi connectivity index (χ0n) is 7.94. The number of rotatable bonds is 0. The Morgan fingerprint density at radius 1 is 1.00 bits per heavy atom. The minimum absolute atomic E-state index is 0. The van der Waals surface area contributed by atoms with Crippen LogP contribution in [-0.2, 0) is 4.79 Å². The summed E-state index contributed by atoms with van der Waals surface area (Å²) in [5.41, 5.74) is 0. The van der Waals surface area contributed by atoms with E-state index in [1.807, 2.05) is 0 Å². The van der Waals surface area contributed by atoms with Crippen molar-refractivity contribution in [2.75, 3.05) is 0 Å². The first-order valence-corrected chi connectivity index (χ1v) is 3.03. The molecule has 0 bridgehead atoms. The summed E-state index contributed by atoms with van der Waals surface area (Å²) in [6.07, 6.45) is 0. The van der Waals surface area contributed by atoms with E-state index in [0.717, 1.165) is 6.92 Å². The van der Waals surface area contributed by atoms with Crippen LogP contribution in [0.15, 0.2) is 0 Å². The molecule has 0 saturated heterocycles. The van der Waals surface area contributed by atoms with Crippen molar-refractivity contribution in [2.45, 2.75) is 27.7 Å². The maximum absolute atomic E-state index is 8.89. The van der Waals surface area contributed by atoms with Gasteiger partial charge in [-0.25, -0.2) is 0 Å². The van der Waals surface area contributed by atoms with Gasteiger partial charge in [0.25, 0.3) is 0 Å². The van der Waals surface area contributed by atoms with E-state index in [2.05, 4.69) is 20.8 Å². The molecule has 11 heavy (non-hydrogen) atoms. The summed E-state index contributed by atoms with van der Waals surface area (Å²) in [4.78, 5) is 8.89. The van der Waals surface area contributed by atoms with Crippen LogP contribution < -0.4 is 5.11 Å². The van der Waals surface area contributed by atoms with Crippen LogP contribution in [0.5, 0.6) is 0 Å². The summed E-state index contributed by atoms with van der Waals surface area (Å²) < 4.78 is 0. The van der Waals surface area contributed by atoms with Crippen LogP contribution >= 0.6 is 0 Å². The molecule has 0 aliphatic rings. The van der Waals surface area contributed by atoms with Gasteiger partial charge in [-0.15, -0.1) is 0 Å². The number of aliphatic carboxylic acids is 1. The van der Waals surface area contributed by atoms with E-state index < -0.39 is 5.97 Å². The third kappa shape index (κ3) is 4760. The molecule has 2 nitrogen and oxygen atoms in total. The number of hydrogen-bond acceptors (Lipinski definition) is 2. The predicted octanol–water partition coefficient (Wildman–Crippen LogP) is 0.897. The van der Waals surface area contributed by atoms with Gasteiger partial charge in [-0.3, -0.25) is 0 Å². The molecule has 0 amide bonds. The van der Waals surface area contributed by atoms with Gasteiger partial charge in [0.15, 0.2) is 0 Å². The molecule has 0 saturated carbocycles. The fraction of sp³-hybridized carbons (Fsp3) is 0.500. The molecule has 0 aliphatic heterocycles. The number of carboxylic acids is 1. The van der Waals surface area contributed by atoms with Crippen molar-refractivity contribution in [3.05, 3.63) is 20.8 Å². The van der Waals surface area contributed by atoms with E-state index in [-0.39, 0.29) is 27.3 Å². The average Bonchev–Trinajstić information content (AvgIpc) is 1.98. The third-order valence-corrected chi connectivity index (χ3v) is 0. The third-order valence-electron chi connectivity index (χ3n) is 0. The Labute approximate surface area is 91.5 Å². The number of carboxylic acid groups (broad SMARTS) is 1. The molecule has 0 rings (SSSR count). The Morgan fingerprint density at radius 2 is 1.00 bits per heavy atom. The van der Waals surface area contributed by atoms with Crippen molar-refractivity contribution in [1.29, 1.82) is 0 Å². The summed E-state index contributed by atoms with van der Waals surface area (Å²) in [7, 11) is 0. The molecule has 0 unspecified atom stereocenters. The molecule has 0 heterocycles. The van der Waals surface area contributed by atoms with E-state index in [1.54, 1.807) is 20.8 Å². The van der Waals surface area contributed by atoms with Crippen molar-refractivity contribution < 1.29 is 9.90 Å². The van der Waals surface area contributed by atoms with Crippen LogP contribution in [0.4, 0.5) is 0 Å². The van der Waals surface area contributed by atoms with Crippen LogP contribution in [0.2, 0.25) is 0 Å². The predicted molar refractivity (Wildman–Crippen MR) is 49.5 cm³/mol. The summed E-state index contributed by atoms with van der Waals surface area (Å²) in [6, 6.07) is 0. The van der Waals surface area contributed by atoms with E-state index >= 15 is 0 Å². The van der Waals surface area contributed by atoms with Crippen molar-refractivity contribution in [3.8, 4) is 0 Å². The molecule has 0 aromatic carbocycles. The van der Waals surface area contributed by atoms with Gasteiger partial charge in [0.05, 0.1) is 0 Å². The molecule has 67 valence electrons. The van der Waals surface area contributed by atoms with Crippen molar-refractivity contribution in [3.63, 3.8) is 0 Å². The average molecular weight is 353 g/mol. The number of carbonyl (C=O) groups excluding carboxylic acids is 1. The molecular formula is C8H18O2Pb-. The largest absolute Gasteiger partial charge is 0.550 e. The summed E-state index contributed by atoms with van der Waals surface area (Å²) in [5, 5.41) is 8.89. The normalized spacial score (nSPS) is 3.91. The van der Waals surface area contributed by atoms with Crippen molar-refractivity contribution >= 4 is 33.3 Å². The standard InChI is InChI=1S/C2H4O2.3C2H5.Pb/c1-2(3)4;3*1-2;/h1H3,(H,3,4);3*1H2,2H3;/p-1. The first kappa shape index (κ1) is 30.1. The fourth-order valence-corrected chi connectivity index (χ4v) is 0. The Kier molecular flexibility index (Phi) is 218. The Hall–Kier alpha value is 0.392. The molecule has 3 heteroatoms. The van der Waals surface area contributed by atoms with Gasteiger partial charge in [-0.05, 0) is 6.92 Å². The monoisotopic (exact) mass is 354 g/mol. The molecule has 0 aliphatic carbocycles. The van der Waals surface area contributed by atoms with Gasteiger partial charge in [-0.1, -0.05) is 41.5 Å². The van der Waals surface area contributed by atoms with Crippen molar-refractivity contribution in [1.82, 2.24) is 0 Å². The second-order valence-electron chi connectivity index (χ2n) is 0.492. The summed E-state index contributed by atoms with van der Waals surface area (Å²) in [5.74, 6) is -1.08. The first-order chi connectivity index (χ1) is 4.73. The van der Waals surface area contributed by atoms with Gasteiger partial charge < -0.3 is 9.90 Å². The molecule has 0 aromatic rings. The van der Waals surface area contributed by atoms with Crippen LogP contribution in [0, 0.1) is 20.8 Å². The zero-order chi connectivity index (χ0) is 9.58. The minimum atomic E-state index is -1.08. The van der Waals surface area contributed by atoms with Gasteiger partial charge >= 0.3 is 0 Å². The van der Waals surface area contributed by atoms with Gasteiger partial charge in [-0.2, -0.15) is 0 Å². The molecule has 0 N–H and O–H groups in total. The maximum atomic E-state index is 8.89. The Balaban J connectivity index is -0.0000000152. The smallest absolute Gasteiger partial charge is 0.0383 e. The SMILES string of the molecule is CC(=O)[O-].[CH2]C.[CH2]C.[CH2]C.[Pb].